The predicted octanol–water partition coefficient (Wildman–Crippen LogP) is 4.03. The molecular formula is C27H27N5O2. The number of aliphatic imine (C=N–C) groups is 1. The Balaban J connectivity index is 1.33. The topological polar surface area (TPSA) is 51.6 Å². The molecule has 1 saturated heterocycles. The lowest BCUT2D eigenvalue weighted by Crippen LogP contribution is -2.51. The molecule has 172 valence electrons. The molecule has 0 saturated carbocycles. The fraction of sp³-hybridized carbons (Fsp3) is 0.259. The van der Waals surface area contributed by atoms with Gasteiger partial charge in [-0.25, -0.2) is 4.99 Å². The number of hydroxylamine groups is 1. The van der Waals surface area contributed by atoms with Crippen molar-refractivity contribution < 1.29 is 9.63 Å². The van der Waals surface area contributed by atoms with Crippen LogP contribution in [-0.2, 0) is 18.0 Å². The van der Waals surface area contributed by atoms with Gasteiger partial charge in [-0.05, 0) is 42.9 Å². The third-order valence-corrected chi connectivity index (χ3v) is 6.73. The molecule has 0 spiro atoms. The number of anilines is 2. The lowest BCUT2D eigenvalue weighted by Gasteiger charge is -2.37. The second kappa shape index (κ2) is 8.59. The molecule has 1 amide bonds. The Hall–Kier alpha value is -3.68. The average Bonchev–Trinajstić information content (AvgIpc) is 3.07. The van der Waals surface area contributed by atoms with E-state index in [-0.39, 0.29) is 5.91 Å². The van der Waals surface area contributed by atoms with Crippen LogP contribution in [0.5, 0.6) is 0 Å². The Kier molecular flexibility index (Phi) is 5.28. The minimum absolute atomic E-state index is 0.0725. The van der Waals surface area contributed by atoms with Crippen LogP contribution in [0.2, 0.25) is 0 Å². The van der Waals surface area contributed by atoms with E-state index in [1.165, 1.54) is 5.69 Å². The van der Waals surface area contributed by atoms with E-state index in [0.29, 0.717) is 24.7 Å². The van der Waals surface area contributed by atoms with E-state index in [1.54, 1.807) is 9.96 Å². The molecule has 3 aliphatic rings. The van der Waals surface area contributed by atoms with Gasteiger partial charge in [0, 0.05) is 37.4 Å². The molecule has 3 aromatic carbocycles. The predicted molar refractivity (Wildman–Crippen MR) is 133 cm³/mol. The maximum Gasteiger partial charge on any atom is 0.263 e. The van der Waals surface area contributed by atoms with Crippen molar-refractivity contribution in [2.75, 3.05) is 43.2 Å². The minimum atomic E-state index is -0.0725. The van der Waals surface area contributed by atoms with Crippen molar-refractivity contribution in [1.29, 1.82) is 0 Å². The van der Waals surface area contributed by atoms with Gasteiger partial charge in [0.2, 0.25) is 5.96 Å². The van der Waals surface area contributed by atoms with Crippen molar-refractivity contribution in [1.82, 2.24) is 9.80 Å². The van der Waals surface area contributed by atoms with Crippen molar-refractivity contribution in [3.05, 3.63) is 89.5 Å². The van der Waals surface area contributed by atoms with Crippen molar-refractivity contribution >= 4 is 28.9 Å². The summed E-state index contributed by atoms with van der Waals surface area (Å²) < 4.78 is 0. The standard InChI is InChI=1S/C27H27N5O2/c1-29-14-16-30(17-15-29)22-12-10-20(11-13-22)18-31-26(33)23-7-3-5-9-25(23)32-27(31)28-24-8-4-2-6-21(24)19-34-32/h2-13H,14-19H2,1H3. The summed E-state index contributed by atoms with van der Waals surface area (Å²) in [6, 6.07) is 24.0. The van der Waals surface area contributed by atoms with Gasteiger partial charge in [-0.3, -0.25) is 14.5 Å². The van der Waals surface area contributed by atoms with Crippen molar-refractivity contribution in [2.45, 2.75) is 13.2 Å². The number of piperazine rings is 1. The highest BCUT2D eigenvalue weighted by molar-refractivity contribution is 6.18. The highest BCUT2D eigenvalue weighted by Crippen LogP contribution is 2.34. The Morgan fingerprint density at radius 1 is 0.882 bits per heavy atom. The van der Waals surface area contributed by atoms with Gasteiger partial charge >= 0.3 is 0 Å². The molecule has 1 fully saturated rings. The number of guanidine groups is 1. The van der Waals surface area contributed by atoms with Crippen LogP contribution in [0.1, 0.15) is 21.5 Å². The van der Waals surface area contributed by atoms with Crippen LogP contribution in [0, 0.1) is 0 Å². The Bertz CT molecular complexity index is 1250. The molecule has 0 bridgehead atoms. The van der Waals surface area contributed by atoms with Crippen LogP contribution in [0.4, 0.5) is 17.1 Å². The number of nitrogens with zero attached hydrogens (tertiary/aromatic N) is 5. The summed E-state index contributed by atoms with van der Waals surface area (Å²) in [6.07, 6.45) is 0. The SMILES string of the molecule is CN1CCN(c2ccc(CN3C(=O)c4ccccc4N4OCc5ccccc5N=C34)cc2)CC1. The van der Waals surface area contributed by atoms with Crippen LogP contribution < -0.4 is 9.96 Å². The summed E-state index contributed by atoms with van der Waals surface area (Å²) in [6.45, 7) is 5.00. The van der Waals surface area contributed by atoms with Gasteiger partial charge in [0.15, 0.2) is 0 Å². The molecule has 6 rings (SSSR count). The number of para-hydroxylation sites is 2. The number of hydrogen-bond acceptors (Lipinski definition) is 6. The smallest absolute Gasteiger partial charge is 0.263 e. The normalized spacial score (nSPS) is 18.1. The zero-order chi connectivity index (χ0) is 23.1. The quantitative estimate of drug-likeness (QED) is 0.599. The number of carbonyl (C=O) groups is 1. The summed E-state index contributed by atoms with van der Waals surface area (Å²) in [7, 11) is 2.16. The lowest BCUT2D eigenvalue weighted by molar-refractivity contribution is 0.0766. The number of carbonyl (C=O) groups excluding carboxylic acids is 1. The molecule has 0 unspecified atom stereocenters. The fourth-order valence-electron chi connectivity index (χ4n) is 4.70. The van der Waals surface area contributed by atoms with Crippen LogP contribution in [-0.4, -0.2) is 54.9 Å². The zero-order valence-corrected chi connectivity index (χ0v) is 19.2. The molecule has 7 heteroatoms. The van der Waals surface area contributed by atoms with Crippen LogP contribution in [0.15, 0.2) is 77.8 Å². The first kappa shape index (κ1) is 20.9. The van der Waals surface area contributed by atoms with Crippen molar-refractivity contribution in [3.8, 4) is 0 Å². The highest BCUT2D eigenvalue weighted by Gasteiger charge is 2.37. The zero-order valence-electron chi connectivity index (χ0n) is 19.2. The lowest BCUT2D eigenvalue weighted by atomic mass is 10.1. The number of hydrogen-bond donors (Lipinski definition) is 0. The Labute approximate surface area is 199 Å². The van der Waals surface area contributed by atoms with E-state index in [1.807, 2.05) is 48.5 Å². The number of likely N-dealkylation sites (N-methyl/N-ethyl adjacent to an activating group) is 1. The maximum atomic E-state index is 13.6. The first-order valence-corrected chi connectivity index (χ1v) is 11.7. The summed E-state index contributed by atoms with van der Waals surface area (Å²) in [5, 5.41) is 1.70. The van der Waals surface area contributed by atoms with E-state index < -0.39 is 0 Å². The van der Waals surface area contributed by atoms with E-state index in [2.05, 4.69) is 41.1 Å². The first-order valence-electron chi connectivity index (χ1n) is 11.7. The molecule has 0 atom stereocenters. The fourth-order valence-corrected chi connectivity index (χ4v) is 4.70. The molecule has 0 N–H and O–H groups in total. The molecule has 34 heavy (non-hydrogen) atoms. The van der Waals surface area contributed by atoms with Gasteiger partial charge in [-0.1, -0.05) is 42.5 Å². The van der Waals surface area contributed by atoms with E-state index >= 15 is 0 Å². The second-order valence-electron chi connectivity index (χ2n) is 8.97. The monoisotopic (exact) mass is 453 g/mol. The molecule has 3 aromatic rings. The minimum Gasteiger partial charge on any atom is -0.369 e. The number of rotatable bonds is 3. The van der Waals surface area contributed by atoms with Crippen LogP contribution in [0.25, 0.3) is 0 Å². The van der Waals surface area contributed by atoms with Gasteiger partial charge in [0.1, 0.15) is 6.61 Å². The average molecular weight is 454 g/mol. The third-order valence-electron chi connectivity index (χ3n) is 6.73. The maximum absolute atomic E-state index is 13.6. The first-order chi connectivity index (χ1) is 16.7. The Morgan fingerprint density at radius 3 is 2.44 bits per heavy atom. The number of amides is 1. The number of benzene rings is 3. The molecule has 0 aromatic heterocycles. The molecule has 3 aliphatic heterocycles. The van der Waals surface area contributed by atoms with Gasteiger partial charge in [0.25, 0.3) is 5.91 Å². The molecule has 0 radical (unpaired) electrons. The van der Waals surface area contributed by atoms with Crippen LogP contribution in [0.3, 0.4) is 0 Å². The van der Waals surface area contributed by atoms with E-state index in [4.69, 9.17) is 9.83 Å². The Morgan fingerprint density at radius 2 is 1.62 bits per heavy atom. The highest BCUT2D eigenvalue weighted by atomic mass is 16.7. The molecule has 7 nitrogen and oxygen atoms in total. The summed E-state index contributed by atoms with van der Waals surface area (Å²) in [5.41, 5.74) is 5.42. The summed E-state index contributed by atoms with van der Waals surface area (Å²) in [4.78, 5) is 31.2. The molecule has 3 heterocycles. The van der Waals surface area contributed by atoms with Crippen molar-refractivity contribution in [3.63, 3.8) is 0 Å². The summed E-state index contributed by atoms with van der Waals surface area (Å²) in [5.74, 6) is 0.425. The molecular weight excluding hydrogens is 426 g/mol. The number of fused-ring (bicyclic) bond motifs is 4. The molecule has 0 aliphatic carbocycles. The summed E-state index contributed by atoms with van der Waals surface area (Å²) >= 11 is 0. The largest absolute Gasteiger partial charge is 0.369 e. The van der Waals surface area contributed by atoms with Gasteiger partial charge in [0.05, 0.1) is 23.5 Å². The van der Waals surface area contributed by atoms with Gasteiger partial charge in [-0.15, -0.1) is 0 Å². The van der Waals surface area contributed by atoms with E-state index in [9.17, 15) is 4.79 Å². The van der Waals surface area contributed by atoms with Gasteiger partial charge < -0.3 is 9.80 Å². The van der Waals surface area contributed by atoms with Crippen molar-refractivity contribution in [2.24, 2.45) is 4.99 Å². The third kappa shape index (κ3) is 3.73. The van der Waals surface area contributed by atoms with Crippen LogP contribution >= 0.6 is 0 Å². The van der Waals surface area contributed by atoms with Gasteiger partial charge in [-0.2, -0.15) is 5.06 Å². The second-order valence-corrected chi connectivity index (χ2v) is 8.97. The van der Waals surface area contributed by atoms with E-state index in [0.717, 1.165) is 48.7 Å².